The smallest absolute Gasteiger partial charge is 0.302 e. The van der Waals surface area contributed by atoms with Crippen molar-refractivity contribution in [3.63, 3.8) is 0 Å². The average molecular weight is 479 g/mol. The Hall–Kier alpha value is -2.49. The Morgan fingerprint density at radius 3 is 1.45 bits per heavy atom. The normalized spacial score (nSPS) is 13.3. The number of carbonyl (C=O) groups excluding carboxylic acids is 5. The molecule has 0 atom stereocenters. The van der Waals surface area contributed by atoms with Gasteiger partial charge < -0.3 is 28.8 Å². The van der Waals surface area contributed by atoms with Crippen LogP contribution in [0.5, 0.6) is 0 Å². The number of Topliss-reactive ketones (excluding diaryl/α,β-unsaturated/α-hetero) is 1. The molecule has 0 aromatic heterocycles. The van der Waals surface area contributed by atoms with Crippen molar-refractivity contribution >= 4 is 29.5 Å². The number of nitrogens with zero attached hydrogens (tertiary/aromatic N) is 2. The minimum absolute atomic E-state index is 0.151. The van der Waals surface area contributed by atoms with E-state index in [-0.39, 0.29) is 23.6 Å². The molecule has 0 bridgehead atoms. The molecule has 0 saturated carbocycles. The number of esters is 2. The number of likely N-dealkylation sites (tertiary alicyclic amines) is 1. The molecule has 10 heteroatoms. The van der Waals surface area contributed by atoms with Gasteiger partial charge in [0.2, 0.25) is 11.8 Å². The molecule has 0 aliphatic carbocycles. The number of amides is 2. The van der Waals surface area contributed by atoms with Gasteiger partial charge in [0.1, 0.15) is 5.78 Å². The average Bonchev–Trinajstić information content (AvgIpc) is 3.13. The Bertz CT molecular complexity index is 529. The third kappa shape index (κ3) is 37.2. The van der Waals surface area contributed by atoms with Crippen LogP contribution in [0, 0.1) is 0 Å². The maximum absolute atomic E-state index is 10.7. The zero-order chi connectivity index (χ0) is 26.8. The van der Waals surface area contributed by atoms with Crippen LogP contribution in [-0.2, 0) is 38.2 Å². The minimum atomic E-state index is -0.245. The van der Waals surface area contributed by atoms with E-state index in [0.29, 0.717) is 25.7 Å². The predicted molar refractivity (Wildman–Crippen MR) is 128 cm³/mol. The molecule has 2 aliphatic rings. The Morgan fingerprint density at radius 1 is 0.909 bits per heavy atom. The molecule has 2 saturated heterocycles. The molecule has 2 rings (SSSR count). The van der Waals surface area contributed by atoms with Gasteiger partial charge in [-0.3, -0.25) is 19.2 Å². The van der Waals surface area contributed by atoms with E-state index in [1.807, 2.05) is 20.9 Å². The third-order valence-corrected chi connectivity index (χ3v) is 3.40. The van der Waals surface area contributed by atoms with Crippen molar-refractivity contribution < 1.29 is 38.2 Å². The van der Waals surface area contributed by atoms with Gasteiger partial charge in [-0.2, -0.15) is 0 Å². The number of ketones is 1. The largest absolute Gasteiger partial charge is 0.469 e. The number of methoxy groups -OCH3 is 1. The minimum Gasteiger partial charge on any atom is -0.469 e. The first-order valence-electron chi connectivity index (χ1n) is 11.1. The van der Waals surface area contributed by atoms with Gasteiger partial charge in [-0.25, -0.2) is 0 Å². The van der Waals surface area contributed by atoms with Crippen LogP contribution in [-0.4, -0.2) is 92.9 Å². The van der Waals surface area contributed by atoms with Crippen molar-refractivity contribution in [2.24, 2.45) is 0 Å². The molecular weight excluding hydrogens is 432 g/mol. The Morgan fingerprint density at radius 2 is 1.33 bits per heavy atom. The quantitative estimate of drug-likeness (QED) is 0.527. The second kappa shape index (κ2) is 27.5. The lowest BCUT2D eigenvalue weighted by Gasteiger charge is -2.25. The maximum Gasteiger partial charge on any atom is 0.302 e. The summed E-state index contributed by atoms with van der Waals surface area (Å²) < 4.78 is 13.6. The van der Waals surface area contributed by atoms with Crippen molar-refractivity contribution in [3.8, 4) is 0 Å². The topological polar surface area (TPSA) is 120 Å². The molecule has 2 amide bonds. The SMILES string of the molecule is CC.CC(=O)N1CCOCC1.CC(C)=O.CCOC(C)=O.CN1CCCC1=O.COC(C)=O. The lowest BCUT2D eigenvalue weighted by Crippen LogP contribution is -2.39. The number of carbonyl (C=O) groups is 5. The second-order valence-corrected chi connectivity index (χ2v) is 6.57. The molecule has 2 heterocycles. The molecule has 0 aromatic carbocycles. The number of hydrogen-bond donors (Lipinski definition) is 0. The Labute approximate surface area is 199 Å². The molecule has 2 aliphatic heterocycles. The van der Waals surface area contributed by atoms with Gasteiger partial charge in [-0.15, -0.1) is 0 Å². The zero-order valence-electron chi connectivity index (χ0n) is 22.3. The fourth-order valence-electron chi connectivity index (χ4n) is 1.86. The number of hydrogen-bond acceptors (Lipinski definition) is 8. The van der Waals surface area contributed by atoms with Crippen LogP contribution in [0.2, 0.25) is 0 Å². The van der Waals surface area contributed by atoms with E-state index in [2.05, 4.69) is 9.47 Å². The first kappa shape index (κ1) is 37.8. The molecule has 33 heavy (non-hydrogen) atoms. The van der Waals surface area contributed by atoms with E-state index in [1.165, 1.54) is 34.8 Å². The fraction of sp³-hybridized carbons (Fsp3) is 0.783. The summed E-state index contributed by atoms with van der Waals surface area (Å²) in [4.78, 5) is 53.6. The number of rotatable bonds is 1. The van der Waals surface area contributed by atoms with E-state index >= 15 is 0 Å². The fourth-order valence-corrected chi connectivity index (χ4v) is 1.86. The Balaban J connectivity index is -0.000000161. The van der Waals surface area contributed by atoms with Crippen molar-refractivity contribution in [1.29, 1.82) is 0 Å². The number of morpholine rings is 1. The van der Waals surface area contributed by atoms with Gasteiger partial charge in [0.15, 0.2) is 0 Å². The van der Waals surface area contributed by atoms with Crippen LogP contribution >= 0.6 is 0 Å². The molecule has 0 aromatic rings. The van der Waals surface area contributed by atoms with Crippen LogP contribution < -0.4 is 0 Å². The van der Waals surface area contributed by atoms with Crippen molar-refractivity contribution in [1.82, 2.24) is 9.80 Å². The summed E-state index contributed by atoms with van der Waals surface area (Å²) in [6, 6.07) is 0. The van der Waals surface area contributed by atoms with E-state index in [0.717, 1.165) is 32.5 Å². The highest BCUT2D eigenvalue weighted by Crippen LogP contribution is 2.04. The monoisotopic (exact) mass is 478 g/mol. The van der Waals surface area contributed by atoms with E-state index in [4.69, 9.17) is 4.74 Å². The van der Waals surface area contributed by atoms with E-state index < -0.39 is 0 Å². The summed E-state index contributed by atoms with van der Waals surface area (Å²) in [6.07, 6.45) is 1.81. The first-order valence-corrected chi connectivity index (χ1v) is 11.1. The van der Waals surface area contributed by atoms with Crippen LogP contribution in [0.15, 0.2) is 0 Å². The number of ether oxygens (including phenoxy) is 3. The highest BCUT2D eigenvalue weighted by atomic mass is 16.5. The molecular formula is C23H46N2O8. The summed E-state index contributed by atoms with van der Waals surface area (Å²) in [6.45, 7) is 17.5. The molecule has 0 radical (unpaired) electrons. The molecule has 10 nitrogen and oxygen atoms in total. The summed E-state index contributed by atoms with van der Waals surface area (Å²) in [5.74, 6) is 0.154. The highest BCUT2D eigenvalue weighted by molar-refractivity contribution is 5.77. The van der Waals surface area contributed by atoms with E-state index in [9.17, 15) is 24.0 Å². The first-order chi connectivity index (χ1) is 15.4. The van der Waals surface area contributed by atoms with Gasteiger partial charge >= 0.3 is 11.9 Å². The van der Waals surface area contributed by atoms with Crippen LogP contribution in [0.25, 0.3) is 0 Å². The van der Waals surface area contributed by atoms with Gasteiger partial charge in [0.05, 0.1) is 26.9 Å². The molecule has 0 spiro atoms. The highest BCUT2D eigenvalue weighted by Gasteiger charge is 2.14. The van der Waals surface area contributed by atoms with Gasteiger partial charge in [-0.05, 0) is 27.2 Å². The summed E-state index contributed by atoms with van der Waals surface area (Å²) >= 11 is 0. The van der Waals surface area contributed by atoms with E-state index in [1.54, 1.807) is 23.6 Å². The third-order valence-electron chi connectivity index (χ3n) is 3.40. The standard InChI is InChI=1S/C6H11NO2.C5H9NO.C4H8O2.C3H6O2.C3H6O.C2H6/c1-6(8)7-2-4-9-5-3-7;1-6-4-2-3-5(6)7;1-3-6-4(2)5;1-3(4)5-2;1-3(2)4;1-2/h2-5H2,1H3;2-4H2,1H3;3H2,1-2H3;1-2H3;1-2H3;1-2H3. The molecule has 0 N–H and O–H groups in total. The van der Waals surface area contributed by atoms with Crippen molar-refractivity contribution in [2.75, 3.05) is 53.6 Å². The summed E-state index contributed by atoms with van der Waals surface area (Å²) in [5.41, 5.74) is 0. The zero-order valence-corrected chi connectivity index (χ0v) is 22.3. The molecule has 2 fully saturated rings. The van der Waals surface area contributed by atoms with Gasteiger partial charge in [-0.1, -0.05) is 13.8 Å². The Kier molecular flexibility index (Phi) is 31.6. The van der Waals surface area contributed by atoms with Crippen LogP contribution in [0.3, 0.4) is 0 Å². The lowest BCUT2D eigenvalue weighted by atomic mass is 10.4. The van der Waals surface area contributed by atoms with Crippen molar-refractivity contribution in [2.45, 2.75) is 68.2 Å². The van der Waals surface area contributed by atoms with Crippen LogP contribution in [0.1, 0.15) is 68.2 Å². The maximum atomic E-state index is 10.7. The van der Waals surface area contributed by atoms with Gasteiger partial charge in [0, 0.05) is 53.9 Å². The molecule has 196 valence electrons. The van der Waals surface area contributed by atoms with Gasteiger partial charge in [0.25, 0.3) is 0 Å². The van der Waals surface area contributed by atoms with Crippen molar-refractivity contribution in [3.05, 3.63) is 0 Å². The predicted octanol–water partition coefficient (Wildman–Crippen LogP) is 2.47. The summed E-state index contributed by atoms with van der Waals surface area (Å²) in [5, 5.41) is 0. The second-order valence-electron chi connectivity index (χ2n) is 6.57. The lowest BCUT2D eigenvalue weighted by molar-refractivity contribution is -0.140. The molecule has 0 unspecified atom stereocenters. The van der Waals surface area contributed by atoms with Crippen LogP contribution in [0.4, 0.5) is 0 Å². The summed E-state index contributed by atoms with van der Waals surface area (Å²) in [7, 11) is 3.19.